The monoisotopic (exact) mass is 480 g/mol. The SMILES string of the molecule is CC(C)C[C@H](NC(=O)OCC1c2ccccc2-c2ccccc21)C(=O)N1CCOCC(C(=O)O)C1. The number of nitrogens with zero attached hydrogens (tertiary/aromatic N) is 1. The van der Waals surface area contributed by atoms with E-state index in [1.54, 1.807) is 0 Å². The molecule has 1 heterocycles. The molecule has 2 aliphatic rings. The Labute approximate surface area is 205 Å². The minimum atomic E-state index is -1.00. The van der Waals surface area contributed by atoms with Crippen LogP contribution >= 0.6 is 0 Å². The molecule has 2 N–H and O–H groups in total. The van der Waals surface area contributed by atoms with Crippen molar-refractivity contribution in [3.63, 3.8) is 0 Å². The summed E-state index contributed by atoms with van der Waals surface area (Å²) in [5.41, 5.74) is 4.50. The van der Waals surface area contributed by atoms with E-state index in [2.05, 4.69) is 17.4 Å². The molecule has 1 fully saturated rings. The van der Waals surface area contributed by atoms with Gasteiger partial charge in [0.25, 0.3) is 0 Å². The van der Waals surface area contributed by atoms with Crippen molar-refractivity contribution in [2.24, 2.45) is 11.8 Å². The fourth-order valence-electron chi connectivity index (χ4n) is 4.86. The van der Waals surface area contributed by atoms with Crippen LogP contribution in [0.5, 0.6) is 0 Å². The highest BCUT2D eigenvalue weighted by Crippen LogP contribution is 2.44. The third kappa shape index (κ3) is 5.65. The third-order valence-corrected chi connectivity index (χ3v) is 6.57. The lowest BCUT2D eigenvalue weighted by Gasteiger charge is -2.28. The van der Waals surface area contributed by atoms with Gasteiger partial charge in [-0.05, 0) is 34.6 Å². The second-order valence-corrected chi connectivity index (χ2v) is 9.55. The molecule has 1 aliphatic carbocycles. The molecule has 2 aromatic rings. The number of fused-ring (bicyclic) bond motifs is 3. The molecule has 2 aromatic carbocycles. The number of nitrogens with one attached hydrogen (secondary N) is 1. The third-order valence-electron chi connectivity index (χ3n) is 6.57. The fraction of sp³-hybridized carbons (Fsp3) is 0.444. The van der Waals surface area contributed by atoms with Gasteiger partial charge in [-0.25, -0.2) is 4.79 Å². The van der Waals surface area contributed by atoms with Crippen molar-refractivity contribution in [2.45, 2.75) is 32.2 Å². The molecule has 0 bridgehead atoms. The molecule has 2 atom stereocenters. The van der Waals surface area contributed by atoms with E-state index >= 15 is 0 Å². The van der Waals surface area contributed by atoms with E-state index in [-0.39, 0.29) is 50.7 Å². The van der Waals surface area contributed by atoms with Crippen molar-refractivity contribution in [3.8, 4) is 11.1 Å². The molecule has 1 unspecified atom stereocenters. The number of hydrogen-bond donors (Lipinski definition) is 2. The summed E-state index contributed by atoms with van der Waals surface area (Å²) in [6.45, 7) is 4.74. The molecule has 1 aliphatic heterocycles. The molecule has 8 nitrogen and oxygen atoms in total. The van der Waals surface area contributed by atoms with Crippen LogP contribution in [0.2, 0.25) is 0 Å². The van der Waals surface area contributed by atoms with Crippen LogP contribution in [0, 0.1) is 11.8 Å². The van der Waals surface area contributed by atoms with Crippen molar-refractivity contribution in [3.05, 3.63) is 59.7 Å². The number of rotatable bonds is 7. The molecule has 186 valence electrons. The van der Waals surface area contributed by atoms with Gasteiger partial charge in [0.1, 0.15) is 12.6 Å². The van der Waals surface area contributed by atoms with Gasteiger partial charge in [-0.1, -0.05) is 62.4 Å². The highest BCUT2D eigenvalue weighted by molar-refractivity contribution is 5.86. The van der Waals surface area contributed by atoms with Crippen LogP contribution in [0.1, 0.15) is 37.3 Å². The van der Waals surface area contributed by atoms with Gasteiger partial charge >= 0.3 is 12.1 Å². The van der Waals surface area contributed by atoms with Crippen LogP contribution in [0.25, 0.3) is 11.1 Å². The molecular weight excluding hydrogens is 448 g/mol. The zero-order valence-electron chi connectivity index (χ0n) is 20.1. The predicted molar refractivity (Wildman–Crippen MR) is 130 cm³/mol. The predicted octanol–water partition coefficient (Wildman–Crippen LogP) is 3.50. The Morgan fingerprint density at radius 2 is 1.71 bits per heavy atom. The number of carboxylic acid groups (broad SMARTS) is 1. The number of carbonyl (C=O) groups excluding carboxylic acids is 2. The molecule has 2 amide bonds. The number of hydrogen-bond acceptors (Lipinski definition) is 5. The molecule has 0 spiro atoms. The number of carboxylic acids is 1. The summed E-state index contributed by atoms with van der Waals surface area (Å²) in [5, 5.41) is 12.1. The number of ether oxygens (including phenoxy) is 2. The first-order valence-electron chi connectivity index (χ1n) is 12.1. The Kier molecular flexibility index (Phi) is 7.70. The average Bonchev–Trinajstić information content (AvgIpc) is 2.97. The van der Waals surface area contributed by atoms with E-state index in [0.29, 0.717) is 6.42 Å². The Hall–Kier alpha value is -3.39. The Bertz CT molecular complexity index is 1040. The van der Waals surface area contributed by atoms with Crippen LogP contribution in [0.3, 0.4) is 0 Å². The van der Waals surface area contributed by atoms with Gasteiger partial charge in [-0.2, -0.15) is 0 Å². The lowest BCUT2D eigenvalue weighted by molar-refractivity contribution is -0.144. The molecule has 1 saturated heterocycles. The number of benzene rings is 2. The normalized spacial score (nSPS) is 18.4. The van der Waals surface area contributed by atoms with E-state index in [4.69, 9.17) is 9.47 Å². The van der Waals surface area contributed by atoms with Gasteiger partial charge in [0.15, 0.2) is 0 Å². The van der Waals surface area contributed by atoms with Crippen molar-refractivity contribution < 1.29 is 29.0 Å². The lowest BCUT2D eigenvalue weighted by atomic mass is 9.98. The van der Waals surface area contributed by atoms with E-state index in [0.717, 1.165) is 22.3 Å². The van der Waals surface area contributed by atoms with Crippen LogP contribution in [-0.2, 0) is 19.1 Å². The van der Waals surface area contributed by atoms with Gasteiger partial charge in [0, 0.05) is 19.0 Å². The minimum Gasteiger partial charge on any atom is -0.481 e. The summed E-state index contributed by atoms with van der Waals surface area (Å²) in [5.74, 6) is -2.06. The van der Waals surface area contributed by atoms with Gasteiger partial charge < -0.3 is 24.8 Å². The van der Waals surface area contributed by atoms with E-state index in [1.165, 1.54) is 4.90 Å². The van der Waals surface area contributed by atoms with Crippen molar-refractivity contribution in [1.82, 2.24) is 10.2 Å². The quantitative estimate of drug-likeness (QED) is 0.629. The molecular formula is C27H32N2O6. The summed E-state index contributed by atoms with van der Waals surface area (Å²) in [7, 11) is 0. The first-order valence-corrected chi connectivity index (χ1v) is 12.1. The maximum atomic E-state index is 13.3. The van der Waals surface area contributed by atoms with Crippen LogP contribution in [0.15, 0.2) is 48.5 Å². The second-order valence-electron chi connectivity index (χ2n) is 9.55. The first kappa shape index (κ1) is 24.7. The standard InChI is InChI=1S/C27H32N2O6/c1-17(2)13-24(25(30)29-11-12-34-15-18(14-29)26(31)32)28-27(33)35-16-23-21-9-5-3-7-19(21)20-8-4-6-10-22(20)23/h3-10,17-18,23-24H,11-16H2,1-2H3,(H,28,33)(H,31,32)/t18?,24-/m0/s1. The van der Waals surface area contributed by atoms with Crippen LogP contribution in [-0.4, -0.2) is 66.9 Å². The van der Waals surface area contributed by atoms with Crippen molar-refractivity contribution in [1.29, 1.82) is 0 Å². The van der Waals surface area contributed by atoms with E-state index in [9.17, 15) is 19.5 Å². The molecule has 0 aromatic heterocycles. The fourth-order valence-corrected chi connectivity index (χ4v) is 4.86. The Morgan fingerprint density at radius 1 is 1.09 bits per heavy atom. The number of carbonyl (C=O) groups is 3. The minimum absolute atomic E-state index is 0.0507. The molecule has 0 saturated carbocycles. The molecule has 8 heteroatoms. The second kappa shape index (κ2) is 10.9. The Morgan fingerprint density at radius 3 is 2.31 bits per heavy atom. The zero-order valence-corrected chi connectivity index (χ0v) is 20.1. The van der Waals surface area contributed by atoms with Gasteiger partial charge in [0.2, 0.25) is 5.91 Å². The molecule has 35 heavy (non-hydrogen) atoms. The van der Waals surface area contributed by atoms with Gasteiger partial charge in [0.05, 0.1) is 19.1 Å². The number of aliphatic carboxylic acids is 1. The smallest absolute Gasteiger partial charge is 0.407 e. The number of alkyl carbamates (subject to hydrolysis) is 1. The van der Waals surface area contributed by atoms with E-state index < -0.39 is 24.0 Å². The molecule has 0 radical (unpaired) electrons. The highest BCUT2D eigenvalue weighted by atomic mass is 16.5. The topological polar surface area (TPSA) is 105 Å². The highest BCUT2D eigenvalue weighted by Gasteiger charge is 2.33. The zero-order chi connectivity index (χ0) is 24.9. The average molecular weight is 481 g/mol. The maximum absolute atomic E-state index is 13.3. The summed E-state index contributed by atoms with van der Waals surface area (Å²) in [4.78, 5) is 39.1. The van der Waals surface area contributed by atoms with Crippen molar-refractivity contribution >= 4 is 18.0 Å². The summed E-state index contributed by atoms with van der Waals surface area (Å²) < 4.78 is 11.0. The largest absolute Gasteiger partial charge is 0.481 e. The number of amides is 2. The van der Waals surface area contributed by atoms with Gasteiger partial charge in [-0.15, -0.1) is 0 Å². The summed E-state index contributed by atoms with van der Waals surface area (Å²) in [6.07, 6.45) is -0.246. The van der Waals surface area contributed by atoms with Crippen LogP contribution in [0.4, 0.5) is 4.79 Å². The first-order chi connectivity index (χ1) is 16.8. The van der Waals surface area contributed by atoms with Crippen LogP contribution < -0.4 is 5.32 Å². The van der Waals surface area contributed by atoms with E-state index in [1.807, 2.05) is 50.2 Å². The van der Waals surface area contributed by atoms with Gasteiger partial charge in [-0.3, -0.25) is 9.59 Å². The van der Waals surface area contributed by atoms with Crippen molar-refractivity contribution in [2.75, 3.05) is 32.9 Å². The maximum Gasteiger partial charge on any atom is 0.407 e. The lowest BCUT2D eigenvalue weighted by Crippen LogP contribution is -2.51. The molecule has 4 rings (SSSR count). The summed E-state index contributed by atoms with van der Waals surface area (Å²) >= 11 is 0. The summed E-state index contributed by atoms with van der Waals surface area (Å²) in [6, 6.07) is 15.4. The Balaban J connectivity index is 1.43.